The average Bonchev–Trinajstić information content (AvgIpc) is 2.56. The van der Waals surface area contributed by atoms with Crippen LogP contribution in [0.5, 0.6) is 0 Å². The van der Waals surface area contributed by atoms with Crippen molar-refractivity contribution in [2.75, 3.05) is 5.75 Å². The molecule has 0 heterocycles. The molecule has 1 N–H and O–H groups in total. The summed E-state index contributed by atoms with van der Waals surface area (Å²) in [5.41, 5.74) is 1.92. The maximum Gasteiger partial charge on any atom is 0.230 e. The van der Waals surface area contributed by atoms with Gasteiger partial charge in [-0.3, -0.25) is 4.79 Å². The number of halogens is 1. The van der Waals surface area contributed by atoms with Crippen LogP contribution in [0.4, 0.5) is 4.39 Å². The van der Waals surface area contributed by atoms with Crippen molar-refractivity contribution in [2.45, 2.75) is 31.6 Å². The first-order valence-corrected chi connectivity index (χ1v) is 8.95. The highest BCUT2D eigenvalue weighted by Gasteiger charge is 2.08. The Hall–Kier alpha value is -1.81. The highest BCUT2D eigenvalue weighted by atomic mass is 32.2. The summed E-state index contributed by atoms with van der Waals surface area (Å²) >= 11 is 1.43. The Kier molecular flexibility index (Phi) is 7.14. The number of amides is 1. The lowest BCUT2D eigenvalue weighted by atomic mass is 10.1. The monoisotopic (exact) mass is 331 g/mol. The summed E-state index contributed by atoms with van der Waals surface area (Å²) in [5.74, 6) is 0.659. The van der Waals surface area contributed by atoms with E-state index in [2.05, 4.69) is 17.4 Å². The van der Waals surface area contributed by atoms with E-state index in [1.807, 2.05) is 31.2 Å². The van der Waals surface area contributed by atoms with Crippen molar-refractivity contribution in [3.05, 3.63) is 71.5 Å². The molecular formula is C19H22FNOS. The van der Waals surface area contributed by atoms with Crippen molar-refractivity contribution >= 4 is 17.7 Å². The first kappa shape index (κ1) is 17.5. The number of nitrogens with one attached hydrogen (secondary N) is 1. The van der Waals surface area contributed by atoms with Gasteiger partial charge in [0.1, 0.15) is 5.82 Å². The molecule has 1 atom stereocenters. The molecule has 23 heavy (non-hydrogen) atoms. The van der Waals surface area contributed by atoms with Gasteiger partial charge in [-0.05, 0) is 37.0 Å². The van der Waals surface area contributed by atoms with E-state index in [0.29, 0.717) is 17.1 Å². The van der Waals surface area contributed by atoms with Crippen molar-refractivity contribution in [1.29, 1.82) is 0 Å². The molecule has 0 fully saturated rings. The molecule has 0 unspecified atom stereocenters. The molecule has 2 rings (SSSR count). The predicted molar refractivity (Wildman–Crippen MR) is 94.9 cm³/mol. The van der Waals surface area contributed by atoms with Crippen LogP contribution in [0.2, 0.25) is 0 Å². The fraction of sp³-hybridized carbons (Fsp3) is 0.316. The second-order valence-corrected chi connectivity index (χ2v) is 6.56. The molecule has 122 valence electrons. The lowest BCUT2D eigenvalue weighted by Gasteiger charge is -2.14. The van der Waals surface area contributed by atoms with E-state index in [0.717, 1.165) is 12.8 Å². The number of hydrogen-bond donors (Lipinski definition) is 1. The van der Waals surface area contributed by atoms with Gasteiger partial charge in [-0.1, -0.05) is 48.5 Å². The fourth-order valence-electron chi connectivity index (χ4n) is 2.29. The molecule has 0 aliphatic rings. The summed E-state index contributed by atoms with van der Waals surface area (Å²) < 4.78 is 13.5. The van der Waals surface area contributed by atoms with Crippen LogP contribution in [0.15, 0.2) is 54.6 Å². The second kappa shape index (κ2) is 9.36. The maximum absolute atomic E-state index is 13.5. The summed E-state index contributed by atoms with van der Waals surface area (Å²) in [6.07, 6.45) is 1.86. The van der Waals surface area contributed by atoms with Crippen molar-refractivity contribution in [1.82, 2.24) is 5.32 Å². The van der Waals surface area contributed by atoms with E-state index < -0.39 is 0 Å². The van der Waals surface area contributed by atoms with Crippen molar-refractivity contribution in [3.63, 3.8) is 0 Å². The standard InChI is InChI=1S/C19H22FNOS/c1-15(11-12-16-7-3-2-4-8-16)21-19(22)14-23-13-17-9-5-6-10-18(17)20/h2-10,15H,11-14H2,1H3,(H,21,22)/t15-/m1/s1. The number of carbonyl (C=O) groups excluding carboxylic acids is 1. The molecule has 0 radical (unpaired) electrons. The molecular weight excluding hydrogens is 309 g/mol. The van der Waals surface area contributed by atoms with Gasteiger partial charge in [0.15, 0.2) is 0 Å². The van der Waals surface area contributed by atoms with Crippen LogP contribution in [0.3, 0.4) is 0 Å². The Bertz CT molecular complexity index is 618. The third-order valence-corrected chi connectivity index (χ3v) is 4.55. The van der Waals surface area contributed by atoms with Gasteiger partial charge in [-0.2, -0.15) is 0 Å². The highest BCUT2D eigenvalue weighted by Crippen LogP contribution is 2.15. The first-order chi connectivity index (χ1) is 11.1. The van der Waals surface area contributed by atoms with Gasteiger partial charge >= 0.3 is 0 Å². The van der Waals surface area contributed by atoms with Gasteiger partial charge in [-0.25, -0.2) is 4.39 Å². The number of rotatable bonds is 8. The largest absolute Gasteiger partial charge is 0.353 e. The maximum atomic E-state index is 13.5. The summed E-state index contributed by atoms with van der Waals surface area (Å²) in [4.78, 5) is 11.9. The van der Waals surface area contributed by atoms with Gasteiger partial charge in [0.05, 0.1) is 5.75 Å². The zero-order valence-electron chi connectivity index (χ0n) is 13.3. The average molecular weight is 331 g/mol. The molecule has 2 aromatic rings. The second-order valence-electron chi connectivity index (χ2n) is 5.58. The van der Waals surface area contributed by atoms with Gasteiger partial charge in [0.25, 0.3) is 0 Å². The smallest absolute Gasteiger partial charge is 0.230 e. The first-order valence-electron chi connectivity index (χ1n) is 7.79. The SMILES string of the molecule is C[C@H](CCc1ccccc1)NC(=O)CSCc1ccccc1F. The van der Waals surface area contributed by atoms with Crippen LogP contribution >= 0.6 is 11.8 Å². The van der Waals surface area contributed by atoms with Crippen LogP contribution in [0.1, 0.15) is 24.5 Å². The molecule has 0 aliphatic heterocycles. The molecule has 4 heteroatoms. The van der Waals surface area contributed by atoms with Gasteiger partial charge < -0.3 is 5.32 Å². The molecule has 0 aliphatic carbocycles. The summed E-state index contributed by atoms with van der Waals surface area (Å²) in [7, 11) is 0. The third kappa shape index (κ3) is 6.45. The van der Waals surface area contributed by atoms with E-state index in [-0.39, 0.29) is 17.8 Å². The number of aryl methyl sites for hydroxylation is 1. The normalized spacial score (nSPS) is 11.9. The number of benzene rings is 2. The molecule has 0 spiro atoms. The van der Waals surface area contributed by atoms with E-state index >= 15 is 0 Å². The number of carbonyl (C=O) groups is 1. The summed E-state index contributed by atoms with van der Waals surface area (Å²) in [6, 6.07) is 17.1. The minimum Gasteiger partial charge on any atom is -0.353 e. The topological polar surface area (TPSA) is 29.1 Å². The molecule has 0 bridgehead atoms. The summed E-state index contributed by atoms with van der Waals surface area (Å²) in [6.45, 7) is 2.02. The van der Waals surface area contributed by atoms with Crippen molar-refractivity contribution in [2.24, 2.45) is 0 Å². The van der Waals surface area contributed by atoms with E-state index in [1.54, 1.807) is 12.1 Å². The van der Waals surface area contributed by atoms with Gasteiger partial charge in [0, 0.05) is 11.8 Å². The van der Waals surface area contributed by atoms with Crippen LogP contribution in [-0.2, 0) is 17.0 Å². The zero-order chi connectivity index (χ0) is 16.5. The third-order valence-electron chi connectivity index (χ3n) is 3.56. The van der Waals surface area contributed by atoms with E-state index in [4.69, 9.17) is 0 Å². The molecule has 1 amide bonds. The van der Waals surface area contributed by atoms with Gasteiger partial charge in [-0.15, -0.1) is 11.8 Å². The minimum absolute atomic E-state index is 0.00639. The minimum atomic E-state index is -0.211. The Balaban J connectivity index is 1.65. The molecule has 0 saturated carbocycles. The lowest BCUT2D eigenvalue weighted by molar-refractivity contribution is -0.119. The molecule has 2 nitrogen and oxygen atoms in total. The quantitative estimate of drug-likeness (QED) is 0.785. The zero-order valence-corrected chi connectivity index (χ0v) is 14.1. The Morgan fingerprint density at radius 2 is 1.83 bits per heavy atom. The fourth-order valence-corrected chi connectivity index (χ4v) is 3.11. The van der Waals surface area contributed by atoms with Crippen LogP contribution in [0.25, 0.3) is 0 Å². The number of hydrogen-bond acceptors (Lipinski definition) is 2. The lowest BCUT2D eigenvalue weighted by Crippen LogP contribution is -2.34. The van der Waals surface area contributed by atoms with Gasteiger partial charge in [0.2, 0.25) is 5.91 Å². The van der Waals surface area contributed by atoms with Crippen LogP contribution in [-0.4, -0.2) is 17.7 Å². The predicted octanol–water partition coefficient (Wildman–Crippen LogP) is 4.20. The van der Waals surface area contributed by atoms with Crippen LogP contribution in [0, 0.1) is 5.82 Å². The highest BCUT2D eigenvalue weighted by molar-refractivity contribution is 7.99. The Morgan fingerprint density at radius 1 is 1.13 bits per heavy atom. The van der Waals surface area contributed by atoms with E-state index in [1.165, 1.54) is 23.4 Å². The van der Waals surface area contributed by atoms with Crippen molar-refractivity contribution in [3.8, 4) is 0 Å². The van der Waals surface area contributed by atoms with Crippen LogP contribution < -0.4 is 5.32 Å². The molecule has 0 aromatic heterocycles. The van der Waals surface area contributed by atoms with Crippen molar-refractivity contribution < 1.29 is 9.18 Å². The Morgan fingerprint density at radius 3 is 2.57 bits per heavy atom. The summed E-state index contributed by atoms with van der Waals surface area (Å²) in [5, 5.41) is 3.00. The number of thioether (sulfide) groups is 1. The van der Waals surface area contributed by atoms with E-state index in [9.17, 15) is 9.18 Å². The molecule has 0 saturated heterocycles. The molecule has 2 aromatic carbocycles. The Labute approximate surface area is 141 Å².